The second-order valence-electron chi connectivity index (χ2n) is 4.91. The third-order valence-electron chi connectivity index (χ3n) is 3.56. The van der Waals surface area contributed by atoms with E-state index in [1.807, 2.05) is 12.1 Å². The Morgan fingerprint density at radius 1 is 0.900 bits per heavy atom. The van der Waals surface area contributed by atoms with E-state index in [1.54, 1.807) is 7.11 Å². The summed E-state index contributed by atoms with van der Waals surface area (Å²) in [6.45, 7) is 0.983. The summed E-state index contributed by atoms with van der Waals surface area (Å²) >= 11 is 0. The monoisotopic (exact) mass is 264 g/mol. The molecule has 3 rings (SSSR count). The Bertz CT molecular complexity index is 704. The maximum atomic E-state index is 5.17. The largest absolute Gasteiger partial charge is 0.497 e. The molecule has 0 N–H and O–H groups in total. The smallest absolute Gasteiger partial charge is 0.176 e. The highest BCUT2D eigenvalue weighted by atomic mass is 16.5. The summed E-state index contributed by atoms with van der Waals surface area (Å²) < 4.78 is 7.42. The van der Waals surface area contributed by atoms with Crippen molar-refractivity contribution in [2.75, 3.05) is 7.11 Å². The molecule has 0 spiro atoms. The Hall–Kier alpha value is -2.35. The fourth-order valence-electron chi connectivity index (χ4n) is 2.37. The predicted molar refractivity (Wildman–Crippen MR) is 80.8 cm³/mol. The SMILES string of the molecule is COc1ccc(CC[n+]2ccc3ccccc3c2)cc1. The van der Waals surface area contributed by atoms with Crippen LogP contribution in [0.15, 0.2) is 67.0 Å². The number of hydrogen-bond donors (Lipinski definition) is 0. The number of benzene rings is 2. The van der Waals surface area contributed by atoms with Gasteiger partial charge in [-0.3, -0.25) is 0 Å². The Morgan fingerprint density at radius 2 is 1.65 bits per heavy atom. The number of rotatable bonds is 4. The van der Waals surface area contributed by atoms with Crippen molar-refractivity contribution in [1.29, 1.82) is 0 Å². The molecule has 0 atom stereocenters. The number of aromatic nitrogens is 1. The first-order valence-electron chi connectivity index (χ1n) is 6.86. The summed E-state index contributed by atoms with van der Waals surface area (Å²) in [4.78, 5) is 0. The minimum atomic E-state index is 0.909. The standard InChI is InChI=1S/C18H18NO/c1-20-18-8-6-15(7-9-18)10-12-19-13-11-16-4-2-3-5-17(16)14-19/h2-9,11,13-14H,10,12H2,1H3/q+1. The quantitative estimate of drug-likeness (QED) is 0.658. The van der Waals surface area contributed by atoms with Gasteiger partial charge in [-0.1, -0.05) is 30.3 Å². The van der Waals surface area contributed by atoms with Gasteiger partial charge in [0.05, 0.1) is 7.11 Å². The van der Waals surface area contributed by atoms with Gasteiger partial charge >= 0.3 is 0 Å². The Kier molecular flexibility index (Phi) is 3.64. The maximum absolute atomic E-state index is 5.17. The topological polar surface area (TPSA) is 13.1 Å². The molecule has 0 unspecified atom stereocenters. The molecule has 2 aromatic carbocycles. The molecule has 100 valence electrons. The predicted octanol–water partition coefficient (Wildman–Crippen LogP) is 3.38. The molecular weight excluding hydrogens is 246 g/mol. The van der Waals surface area contributed by atoms with E-state index in [0.29, 0.717) is 0 Å². The van der Waals surface area contributed by atoms with Crippen LogP contribution in [0, 0.1) is 0 Å². The van der Waals surface area contributed by atoms with E-state index in [4.69, 9.17) is 4.74 Å². The lowest BCUT2D eigenvalue weighted by Crippen LogP contribution is -2.33. The lowest BCUT2D eigenvalue weighted by Gasteiger charge is -2.02. The van der Waals surface area contributed by atoms with Gasteiger partial charge in [0.25, 0.3) is 0 Å². The first-order chi connectivity index (χ1) is 9.85. The third-order valence-corrected chi connectivity index (χ3v) is 3.56. The molecule has 0 aliphatic rings. The first-order valence-corrected chi connectivity index (χ1v) is 6.86. The number of nitrogens with zero attached hydrogens (tertiary/aromatic N) is 1. The van der Waals surface area contributed by atoms with Crippen molar-refractivity contribution in [3.05, 3.63) is 72.6 Å². The summed E-state index contributed by atoms with van der Waals surface area (Å²) in [5.41, 5.74) is 1.33. The van der Waals surface area contributed by atoms with Crippen molar-refractivity contribution in [3.63, 3.8) is 0 Å². The number of ether oxygens (including phenoxy) is 1. The van der Waals surface area contributed by atoms with E-state index in [0.717, 1.165) is 18.7 Å². The number of hydrogen-bond acceptors (Lipinski definition) is 1. The Morgan fingerprint density at radius 3 is 2.40 bits per heavy atom. The molecule has 0 saturated carbocycles. The van der Waals surface area contributed by atoms with Gasteiger partial charge in [0.2, 0.25) is 0 Å². The van der Waals surface area contributed by atoms with Crippen LogP contribution in [0.4, 0.5) is 0 Å². The van der Waals surface area contributed by atoms with Crippen molar-refractivity contribution < 1.29 is 9.30 Å². The van der Waals surface area contributed by atoms with Crippen LogP contribution in [0.25, 0.3) is 10.8 Å². The molecule has 2 nitrogen and oxygen atoms in total. The number of fused-ring (bicyclic) bond motifs is 1. The normalized spacial score (nSPS) is 10.7. The second-order valence-corrected chi connectivity index (χ2v) is 4.91. The van der Waals surface area contributed by atoms with E-state index < -0.39 is 0 Å². The van der Waals surface area contributed by atoms with Crippen LogP contribution < -0.4 is 9.30 Å². The molecule has 3 aromatic rings. The highest BCUT2D eigenvalue weighted by molar-refractivity contribution is 5.80. The number of aryl methyl sites for hydroxylation is 2. The minimum absolute atomic E-state index is 0.909. The summed E-state index contributed by atoms with van der Waals surface area (Å²) in [6, 6.07) is 18.9. The van der Waals surface area contributed by atoms with E-state index >= 15 is 0 Å². The summed E-state index contributed by atoms with van der Waals surface area (Å²) in [5.74, 6) is 0.909. The Labute approximate surface area is 119 Å². The fourth-order valence-corrected chi connectivity index (χ4v) is 2.37. The summed E-state index contributed by atoms with van der Waals surface area (Å²) in [6.07, 6.45) is 5.37. The molecule has 0 saturated heterocycles. The zero-order valence-electron chi connectivity index (χ0n) is 11.6. The van der Waals surface area contributed by atoms with Gasteiger partial charge in [-0.25, -0.2) is 4.57 Å². The third kappa shape index (κ3) is 2.80. The zero-order valence-corrected chi connectivity index (χ0v) is 11.6. The molecule has 2 heteroatoms. The molecule has 0 amide bonds. The van der Waals surface area contributed by atoms with Crippen LogP contribution >= 0.6 is 0 Å². The van der Waals surface area contributed by atoms with Crippen molar-refractivity contribution in [2.24, 2.45) is 0 Å². The number of pyridine rings is 1. The van der Waals surface area contributed by atoms with Crippen LogP contribution in [-0.4, -0.2) is 7.11 Å². The van der Waals surface area contributed by atoms with Crippen LogP contribution in [0.2, 0.25) is 0 Å². The molecule has 1 aromatic heterocycles. The zero-order chi connectivity index (χ0) is 13.8. The second kappa shape index (κ2) is 5.74. The fraction of sp³-hybridized carbons (Fsp3) is 0.167. The van der Waals surface area contributed by atoms with Gasteiger partial charge in [-0.05, 0) is 29.1 Å². The van der Waals surface area contributed by atoms with Crippen LogP contribution in [0.5, 0.6) is 5.75 Å². The summed E-state index contributed by atoms with van der Waals surface area (Å²) in [5, 5.41) is 2.57. The van der Waals surface area contributed by atoms with Gasteiger partial charge in [-0.15, -0.1) is 0 Å². The van der Waals surface area contributed by atoms with E-state index in [9.17, 15) is 0 Å². The maximum Gasteiger partial charge on any atom is 0.176 e. The van der Waals surface area contributed by atoms with Gasteiger partial charge < -0.3 is 4.74 Å². The highest BCUT2D eigenvalue weighted by Crippen LogP contribution is 2.12. The lowest BCUT2D eigenvalue weighted by atomic mass is 10.1. The van der Waals surface area contributed by atoms with E-state index in [-0.39, 0.29) is 0 Å². The molecule has 0 aliphatic carbocycles. The van der Waals surface area contributed by atoms with Crippen molar-refractivity contribution in [3.8, 4) is 5.75 Å². The number of methoxy groups -OCH3 is 1. The molecule has 0 radical (unpaired) electrons. The molecular formula is C18H18NO+. The van der Waals surface area contributed by atoms with E-state index in [2.05, 4.69) is 59.4 Å². The van der Waals surface area contributed by atoms with Crippen LogP contribution in [-0.2, 0) is 13.0 Å². The first kappa shape index (κ1) is 12.7. The molecule has 1 heterocycles. The average molecular weight is 264 g/mol. The molecule has 20 heavy (non-hydrogen) atoms. The van der Waals surface area contributed by atoms with Crippen LogP contribution in [0.1, 0.15) is 5.56 Å². The summed E-state index contributed by atoms with van der Waals surface area (Å²) in [7, 11) is 1.69. The van der Waals surface area contributed by atoms with Gasteiger partial charge in [0, 0.05) is 17.9 Å². The molecule has 0 fully saturated rings. The van der Waals surface area contributed by atoms with Gasteiger partial charge in [0.15, 0.2) is 18.9 Å². The van der Waals surface area contributed by atoms with Crippen molar-refractivity contribution in [2.45, 2.75) is 13.0 Å². The average Bonchev–Trinajstić information content (AvgIpc) is 2.53. The Balaban J connectivity index is 1.72. The highest BCUT2D eigenvalue weighted by Gasteiger charge is 2.03. The molecule has 0 aliphatic heterocycles. The molecule has 0 bridgehead atoms. The van der Waals surface area contributed by atoms with E-state index in [1.165, 1.54) is 16.3 Å². The minimum Gasteiger partial charge on any atom is -0.497 e. The lowest BCUT2D eigenvalue weighted by molar-refractivity contribution is -0.695. The van der Waals surface area contributed by atoms with Gasteiger partial charge in [-0.2, -0.15) is 0 Å². The van der Waals surface area contributed by atoms with Crippen molar-refractivity contribution in [1.82, 2.24) is 0 Å². The van der Waals surface area contributed by atoms with Crippen molar-refractivity contribution >= 4 is 10.8 Å². The van der Waals surface area contributed by atoms with Crippen LogP contribution in [0.3, 0.4) is 0 Å². The van der Waals surface area contributed by atoms with Gasteiger partial charge in [0.1, 0.15) is 5.75 Å².